The van der Waals surface area contributed by atoms with Crippen LogP contribution in [0.2, 0.25) is 0 Å². The van der Waals surface area contributed by atoms with E-state index in [0.717, 1.165) is 88.2 Å². The molecule has 0 aliphatic rings. The van der Waals surface area contributed by atoms with Crippen molar-refractivity contribution in [1.82, 2.24) is 24.1 Å². The fraction of sp³-hybridized carbons (Fsp3) is 0. The van der Waals surface area contributed by atoms with Gasteiger partial charge in [-0.1, -0.05) is 115 Å². The number of fused-ring (bicyclic) bond motifs is 11. The second kappa shape index (κ2) is 12.8. The van der Waals surface area contributed by atoms with Gasteiger partial charge < -0.3 is 13.6 Å². The molecule has 8 aromatic carbocycles. The smallest absolute Gasteiger partial charge is 0.164 e. The number of para-hydroxylation sites is 3. The predicted octanol–water partition coefficient (Wildman–Crippen LogP) is 12.8. The molecule has 12 aromatic rings. The van der Waals surface area contributed by atoms with Crippen molar-refractivity contribution in [3.05, 3.63) is 188 Å². The number of hydrogen-bond donors (Lipinski definition) is 0. The predicted molar refractivity (Wildman–Crippen MR) is 237 cm³/mol. The van der Waals surface area contributed by atoms with E-state index in [0.29, 0.717) is 23.0 Å². The minimum absolute atomic E-state index is 0.487. The number of benzene rings is 8. The highest BCUT2D eigenvalue weighted by molar-refractivity contribution is 6.31. The van der Waals surface area contributed by atoms with E-state index in [2.05, 4.69) is 112 Å². The van der Waals surface area contributed by atoms with E-state index < -0.39 is 0 Å². The molecular formula is C52H30N6O. The average Bonchev–Trinajstić information content (AvgIpc) is 3.97. The lowest BCUT2D eigenvalue weighted by atomic mass is 10.0. The van der Waals surface area contributed by atoms with Gasteiger partial charge in [0.1, 0.15) is 17.2 Å². The van der Waals surface area contributed by atoms with Crippen molar-refractivity contribution in [3.8, 4) is 51.6 Å². The molecule has 59 heavy (non-hydrogen) atoms. The van der Waals surface area contributed by atoms with Gasteiger partial charge in [-0.2, -0.15) is 5.26 Å². The minimum Gasteiger partial charge on any atom is -0.456 e. The maximum Gasteiger partial charge on any atom is 0.164 e. The molecular weight excluding hydrogens is 725 g/mol. The van der Waals surface area contributed by atoms with Gasteiger partial charge in [0.25, 0.3) is 0 Å². The van der Waals surface area contributed by atoms with E-state index in [9.17, 15) is 5.26 Å². The Hall–Kier alpha value is -8.34. The van der Waals surface area contributed by atoms with E-state index in [1.807, 2.05) is 84.9 Å². The third kappa shape index (κ3) is 4.97. The maximum absolute atomic E-state index is 11.0. The van der Waals surface area contributed by atoms with Gasteiger partial charge in [-0.3, -0.25) is 0 Å². The summed E-state index contributed by atoms with van der Waals surface area (Å²) in [6, 6.07) is 64.3. The summed E-state index contributed by atoms with van der Waals surface area (Å²) in [5, 5.41) is 17.5. The summed E-state index contributed by atoms with van der Waals surface area (Å²) in [5.74, 6) is 1.61. The second-order valence-corrected chi connectivity index (χ2v) is 14.7. The van der Waals surface area contributed by atoms with E-state index in [4.69, 9.17) is 19.4 Å². The zero-order chi connectivity index (χ0) is 39.0. The summed E-state index contributed by atoms with van der Waals surface area (Å²) in [4.78, 5) is 14.8. The van der Waals surface area contributed by atoms with Gasteiger partial charge in [0, 0.05) is 43.9 Å². The van der Waals surface area contributed by atoms with Crippen LogP contribution in [0.4, 0.5) is 0 Å². The number of aromatic nitrogens is 5. The molecule has 4 aromatic heterocycles. The molecule has 7 heteroatoms. The third-order valence-electron chi connectivity index (χ3n) is 11.4. The second-order valence-electron chi connectivity index (χ2n) is 14.7. The van der Waals surface area contributed by atoms with Gasteiger partial charge in [-0.25, -0.2) is 15.0 Å². The van der Waals surface area contributed by atoms with E-state index in [-0.39, 0.29) is 0 Å². The topological polar surface area (TPSA) is 85.5 Å². The van der Waals surface area contributed by atoms with Crippen molar-refractivity contribution in [2.45, 2.75) is 0 Å². The molecule has 0 bridgehead atoms. The number of rotatable bonds is 5. The molecule has 0 radical (unpaired) electrons. The van der Waals surface area contributed by atoms with Gasteiger partial charge in [0.15, 0.2) is 17.5 Å². The lowest BCUT2D eigenvalue weighted by molar-refractivity contribution is 0.669. The van der Waals surface area contributed by atoms with Crippen molar-refractivity contribution in [3.63, 3.8) is 0 Å². The molecule has 0 atom stereocenters. The van der Waals surface area contributed by atoms with Crippen LogP contribution in [-0.4, -0.2) is 24.1 Å². The molecule has 0 amide bonds. The number of hydrogen-bond acceptors (Lipinski definition) is 5. The quantitative estimate of drug-likeness (QED) is 0.175. The molecule has 0 spiro atoms. The summed E-state index contributed by atoms with van der Waals surface area (Å²) in [7, 11) is 0. The zero-order valence-electron chi connectivity index (χ0n) is 31.4. The van der Waals surface area contributed by atoms with Crippen molar-refractivity contribution >= 4 is 65.6 Å². The SMILES string of the molecule is N#Cc1cc(-c2nc(-c3ccccc3)nc(-c3ccccc3)n2)ccc1-n1c2ccccc2c2ccc3oc4ccc5c6ccccc6n(-c6ccccc6)c5c4c3c21. The van der Waals surface area contributed by atoms with E-state index in [1.54, 1.807) is 0 Å². The number of furan rings is 1. The lowest BCUT2D eigenvalue weighted by Crippen LogP contribution is -2.02. The zero-order valence-corrected chi connectivity index (χ0v) is 31.4. The molecule has 4 heterocycles. The first-order chi connectivity index (χ1) is 29.2. The average molecular weight is 755 g/mol. The fourth-order valence-corrected chi connectivity index (χ4v) is 8.84. The van der Waals surface area contributed by atoms with Gasteiger partial charge in [-0.15, -0.1) is 0 Å². The van der Waals surface area contributed by atoms with Gasteiger partial charge in [0.05, 0.1) is 44.1 Å². The molecule has 274 valence electrons. The highest BCUT2D eigenvalue weighted by Gasteiger charge is 2.25. The van der Waals surface area contributed by atoms with Crippen LogP contribution in [0.3, 0.4) is 0 Å². The van der Waals surface area contributed by atoms with Crippen LogP contribution in [0.5, 0.6) is 0 Å². The first-order valence-corrected chi connectivity index (χ1v) is 19.5. The van der Waals surface area contributed by atoms with Crippen LogP contribution in [0.15, 0.2) is 186 Å². The summed E-state index contributed by atoms with van der Waals surface area (Å²) in [6.07, 6.45) is 0. The summed E-state index contributed by atoms with van der Waals surface area (Å²) in [5.41, 5.74) is 10.5. The third-order valence-corrected chi connectivity index (χ3v) is 11.4. The largest absolute Gasteiger partial charge is 0.456 e. The first kappa shape index (κ1) is 32.9. The van der Waals surface area contributed by atoms with Crippen LogP contribution < -0.4 is 0 Å². The van der Waals surface area contributed by atoms with Crippen LogP contribution >= 0.6 is 0 Å². The number of nitriles is 1. The van der Waals surface area contributed by atoms with Gasteiger partial charge >= 0.3 is 0 Å². The minimum atomic E-state index is 0.487. The van der Waals surface area contributed by atoms with E-state index >= 15 is 0 Å². The normalized spacial score (nSPS) is 11.7. The highest BCUT2D eigenvalue weighted by Crippen LogP contribution is 2.46. The Kier molecular flexibility index (Phi) is 7.16. The Morgan fingerprint density at radius 2 is 0.898 bits per heavy atom. The maximum atomic E-state index is 11.0. The van der Waals surface area contributed by atoms with Crippen LogP contribution in [0.25, 0.3) is 111 Å². The molecule has 0 unspecified atom stereocenters. The Labute approximate surface area is 337 Å². The van der Waals surface area contributed by atoms with E-state index in [1.165, 1.54) is 5.39 Å². The summed E-state index contributed by atoms with van der Waals surface area (Å²) in [6.45, 7) is 0. The molecule has 12 rings (SSSR count). The standard InChI is InChI=1S/C52H30N6O/c53-31-35-30-34(52-55-50(32-14-4-1-5-15-32)54-51(56-52)33-16-6-2-7-17-33)24-27-41(35)58-43-23-13-11-21-38(43)40-26-29-45-47(49(40)58)46-44(59-45)28-25-39-37-20-10-12-22-42(37)57(48(39)46)36-18-8-3-9-19-36/h1-30H. The number of nitrogens with zero attached hydrogens (tertiary/aromatic N) is 6. The highest BCUT2D eigenvalue weighted by atomic mass is 16.3. The Bertz CT molecular complexity index is 3610. The fourth-order valence-electron chi connectivity index (χ4n) is 8.84. The monoisotopic (exact) mass is 754 g/mol. The Balaban J connectivity index is 1.15. The molecule has 0 fully saturated rings. The lowest BCUT2D eigenvalue weighted by Gasteiger charge is -2.13. The summed E-state index contributed by atoms with van der Waals surface area (Å²) < 4.78 is 11.3. The Morgan fingerprint density at radius 3 is 1.46 bits per heavy atom. The molecule has 7 nitrogen and oxygen atoms in total. The Morgan fingerprint density at radius 1 is 0.424 bits per heavy atom. The van der Waals surface area contributed by atoms with Crippen molar-refractivity contribution < 1.29 is 4.42 Å². The van der Waals surface area contributed by atoms with Crippen molar-refractivity contribution in [2.24, 2.45) is 0 Å². The van der Waals surface area contributed by atoms with Crippen molar-refractivity contribution in [1.29, 1.82) is 5.26 Å². The molecule has 0 saturated carbocycles. The summed E-state index contributed by atoms with van der Waals surface area (Å²) >= 11 is 0. The first-order valence-electron chi connectivity index (χ1n) is 19.5. The molecule has 0 aliphatic carbocycles. The van der Waals surface area contributed by atoms with Gasteiger partial charge in [-0.05, 0) is 66.7 Å². The van der Waals surface area contributed by atoms with Crippen LogP contribution in [0, 0.1) is 11.3 Å². The van der Waals surface area contributed by atoms with Crippen molar-refractivity contribution in [2.75, 3.05) is 0 Å². The van der Waals surface area contributed by atoms with Crippen LogP contribution in [-0.2, 0) is 0 Å². The molecule has 0 N–H and O–H groups in total. The van der Waals surface area contributed by atoms with Gasteiger partial charge in [0.2, 0.25) is 0 Å². The molecule has 0 saturated heterocycles. The van der Waals surface area contributed by atoms with Crippen LogP contribution in [0.1, 0.15) is 5.56 Å². The molecule has 0 aliphatic heterocycles.